The number of ketones is 1. The molecule has 0 amide bonds. The molecule has 0 spiro atoms. The van der Waals surface area contributed by atoms with Gasteiger partial charge in [0.05, 0.1) is 5.75 Å². The molecule has 0 aliphatic rings. The fraction of sp³-hybridized carbons (Fsp3) is 0.308. The lowest BCUT2D eigenvalue weighted by Gasteiger charge is -2.05. The van der Waals surface area contributed by atoms with E-state index in [0.29, 0.717) is 5.75 Å². The minimum absolute atomic E-state index is 0.129. The number of aryl methyl sites for hydroxylation is 3. The van der Waals surface area contributed by atoms with E-state index in [4.69, 9.17) is 0 Å². The van der Waals surface area contributed by atoms with Crippen LogP contribution in [0, 0.1) is 13.8 Å². The van der Waals surface area contributed by atoms with E-state index in [9.17, 15) is 4.79 Å². The highest BCUT2D eigenvalue weighted by molar-refractivity contribution is 7.99. The van der Waals surface area contributed by atoms with Crippen LogP contribution in [0.1, 0.15) is 21.5 Å². The smallest absolute Gasteiger partial charge is 0.191 e. The Hall–Kier alpha value is -1.62. The van der Waals surface area contributed by atoms with E-state index in [1.165, 1.54) is 11.8 Å². The summed E-state index contributed by atoms with van der Waals surface area (Å²) in [6.07, 6.45) is 1.63. The van der Waals surface area contributed by atoms with Gasteiger partial charge in [-0.1, -0.05) is 29.5 Å². The summed E-state index contributed by atoms with van der Waals surface area (Å²) >= 11 is 1.41. The van der Waals surface area contributed by atoms with E-state index in [2.05, 4.69) is 10.2 Å². The second kappa shape index (κ2) is 5.35. The molecular weight excluding hydrogens is 246 g/mol. The van der Waals surface area contributed by atoms with Crippen molar-refractivity contribution in [1.82, 2.24) is 14.8 Å². The molecule has 0 unspecified atom stereocenters. The standard InChI is InChI=1S/C13H15N3OS/c1-9-4-5-10(2)11(6-9)12(17)7-18-13-15-14-8-16(13)3/h4-6,8H,7H2,1-3H3. The molecule has 0 fully saturated rings. The maximum Gasteiger partial charge on any atom is 0.191 e. The molecule has 4 nitrogen and oxygen atoms in total. The lowest BCUT2D eigenvalue weighted by molar-refractivity contribution is 0.102. The van der Waals surface area contributed by atoms with Crippen LogP contribution in [0.5, 0.6) is 0 Å². The van der Waals surface area contributed by atoms with Crippen LogP contribution in [-0.2, 0) is 7.05 Å². The van der Waals surface area contributed by atoms with Crippen LogP contribution in [0.15, 0.2) is 29.7 Å². The Balaban J connectivity index is 2.08. The van der Waals surface area contributed by atoms with Crippen LogP contribution < -0.4 is 0 Å². The third kappa shape index (κ3) is 2.79. The van der Waals surface area contributed by atoms with E-state index in [-0.39, 0.29) is 5.78 Å². The van der Waals surface area contributed by atoms with Gasteiger partial charge in [-0.05, 0) is 25.5 Å². The van der Waals surface area contributed by atoms with Crippen molar-refractivity contribution in [1.29, 1.82) is 0 Å². The van der Waals surface area contributed by atoms with Gasteiger partial charge in [0.25, 0.3) is 0 Å². The summed E-state index contributed by atoms with van der Waals surface area (Å²) in [4.78, 5) is 12.1. The van der Waals surface area contributed by atoms with Gasteiger partial charge in [0, 0.05) is 12.6 Å². The van der Waals surface area contributed by atoms with Gasteiger partial charge in [-0.3, -0.25) is 4.79 Å². The Kier molecular flexibility index (Phi) is 3.81. The SMILES string of the molecule is Cc1ccc(C)c(C(=O)CSc2nncn2C)c1. The summed E-state index contributed by atoms with van der Waals surface area (Å²) in [6, 6.07) is 5.94. The highest BCUT2D eigenvalue weighted by Gasteiger charge is 2.11. The zero-order chi connectivity index (χ0) is 13.1. The summed E-state index contributed by atoms with van der Waals surface area (Å²) in [5.74, 6) is 0.515. The molecule has 1 aromatic heterocycles. The Labute approximate surface area is 110 Å². The number of hydrogen-bond acceptors (Lipinski definition) is 4. The molecule has 0 aliphatic carbocycles. The average molecular weight is 261 g/mol. The van der Waals surface area contributed by atoms with Crippen molar-refractivity contribution in [2.75, 3.05) is 5.75 Å². The lowest BCUT2D eigenvalue weighted by atomic mass is 10.0. The monoisotopic (exact) mass is 261 g/mol. The highest BCUT2D eigenvalue weighted by atomic mass is 32.2. The maximum absolute atomic E-state index is 12.1. The quantitative estimate of drug-likeness (QED) is 0.626. The van der Waals surface area contributed by atoms with Gasteiger partial charge in [-0.2, -0.15) is 0 Å². The Morgan fingerprint density at radius 1 is 1.39 bits per heavy atom. The summed E-state index contributed by atoms with van der Waals surface area (Å²) in [5.41, 5.74) is 2.92. The van der Waals surface area contributed by atoms with Crippen LogP contribution in [-0.4, -0.2) is 26.3 Å². The normalized spacial score (nSPS) is 10.6. The molecular formula is C13H15N3OS. The average Bonchev–Trinajstić information content (AvgIpc) is 2.75. The Morgan fingerprint density at radius 2 is 2.17 bits per heavy atom. The number of Topliss-reactive ketones (excluding diaryl/α,β-unsaturated/α-hetero) is 1. The third-order valence-electron chi connectivity index (χ3n) is 2.70. The lowest BCUT2D eigenvalue weighted by Crippen LogP contribution is -2.06. The van der Waals surface area contributed by atoms with Crippen LogP contribution in [0.4, 0.5) is 0 Å². The zero-order valence-corrected chi connectivity index (χ0v) is 11.5. The van der Waals surface area contributed by atoms with Gasteiger partial charge >= 0.3 is 0 Å². The van der Waals surface area contributed by atoms with Crippen molar-refractivity contribution in [3.8, 4) is 0 Å². The van der Waals surface area contributed by atoms with E-state index < -0.39 is 0 Å². The van der Waals surface area contributed by atoms with Gasteiger partial charge in [-0.25, -0.2) is 0 Å². The first-order valence-electron chi connectivity index (χ1n) is 5.65. The third-order valence-corrected chi connectivity index (χ3v) is 3.73. The molecule has 1 heterocycles. The number of thioether (sulfide) groups is 1. The molecule has 2 aromatic rings. The zero-order valence-electron chi connectivity index (χ0n) is 10.7. The summed E-state index contributed by atoms with van der Waals surface area (Å²) in [6.45, 7) is 3.95. The predicted molar refractivity (Wildman–Crippen MR) is 72.0 cm³/mol. The molecule has 0 N–H and O–H groups in total. The highest BCUT2D eigenvalue weighted by Crippen LogP contribution is 2.18. The molecule has 2 rings (SSSR count). The summed E-state index contributed by atoms with van der Waals surface area (Å²) in [5, 5.41) is 8.49. The van der Waals surface area contributed by atoms with Gasteiger partial charge in [0.15, 0.2) is 10.9 Å². The van der Waals surface area contributed by atoms with Gasteiger partial charge in [0.1, 0.15) is 6.33 Å². The molecule has 0 bridgehead atoms. The molecule has 5 heteroatoms. The van der Waals surface area contributed by atoms with Crippen LogP contribution in [0.3, 0.4) is 0 Å². The first-order chi connectivity index (χ1) is 8.58. The number of benzene rings is 1. The first-order valence-corrected chi connectivity index (χ1v) is 6.63. The second-order valence-electron chi connectivity index (χ2n) is 4.25. The molecule has 0 saturated heterocycles. The minimum Gasteiger partial charge on any atom is -0.312 e. The van der Waals surface area contributed by atoms with Crippen molar-refractivity contribution >= 4 is 17.5 Å². The molecule has 0 saturated carbocycles. The second-order valence-corrected chi connectivity index (χ2v) is 5.20. The van der Waals surface area contributed by atoms with Gasteiger partial charge in [0.2, 0.25) is 0 Å². The van der Waals surface area contributed by atoms with E-state index >= 15 is 0 Å². The van der Waals surface area contributed by atoms with Crippen LogP contribution >= 0.6 is 11.8 Å². The number of carbonyl (C=O) groups excluding carboxylic acids is 1. The Bertz CT molecular complexity index is 577. The number of carbonyl (C=O) groups is 1. The summed E-state index contributed by atoms with van der Waals surface area (Å²) in [7, 11) is 1.87. The predicted octanol–water partition coefficient (Wildman–Crippen LogP) is 2.41. The molecule has 0 radical (unpaired) electrons. The van der Waals surface area contributed by atoms with Crippen molar-refractivity contribution in [2.45, 2.75) is 19.0 Å². The van der Waals surface area contributed by atoms with Crippen molar-refractivity contribution in [2.24, 2.45) is 7.05 Å². The molecule has 18 heavy (non-hydrogen) atoms. The topological polar surface area (TPSA) is 47.8 Å². The molecule has 0 atom stereocenters. The van der Waals surface area contributed by atoms with Crippen LogP contribution in [0.2, 0.25) is 0 Å². The van der Waals surface area contributed by atoms with Crippen molar-refractivity contribution < 1.29 is 4.79 Å². The fourth-order valence-electron chi connectivity index (χ4n) is 1.65. The first kappa shape index (κ1) is 12.8. The number of rotatable bonds is 4. The Morgan fingerprint density at radius 3 is 2.83 bits per heavy atom. The summed E-state index contributed by atoms with van der Waals surface area (Å²) < 4.78 is 1.81. The fourth-order valence-corrected chi connectivity index (χ4v) is 2.42. The van der Waals surface area contributed by atoms with Gasteiger partial charge in [-0.15, -0.1) is 10.2 Å². The van der Waals surface area contributed by atoms with Gasteiger partial charge < -0.3 is 4.57 Å². The van der Waals surface area contributed by atoms with E-state index in [0.717, 1.165) is 21.8 Å². The van der Waals surface area contributed by atoms with Crippen LogP contribution in [0.25, 0.3) is 0 Å². The van der Waals surface area contributed by atoms with E-state index in [1.807, 2.05) is 39.1 Å². The minimum atomic E-state index is 0.129. The molecule has 0 aliphatic heterocycles. The van der Waals surface area contributed by atoms with Crippen molar-refractivity contribution in [3.63, 3.8) is 0 Å². The largest absolute Gasteiger partial charge is 0.312 e. The van der Waals surface area contributed by atoms with Crippen molar-refractivity contribution in [3.05, 3.63) is 41.2 Å². The molecule has 94 valence electrons. The van der Waals surface area contributed by atoms with E-state index in [1.54, 1.807) is 10.9 Å². The number of hydrogen-bond donors (Lipinski definition) is 0. The number of aromatic nitrogens is 3. The maximum atomic E-state index is 12.1. The number of nitrogens with zero attached hydrogens (tertiary/aromatic N) is 3. The molecule has 1 aromatic carbocycles.